The van der Waals surface area contributed by atoms with Crippen molar-refractivity contribution in [3.05, 3.63) is 69.7 Å². The van der Waals surface area contributed by atoms with Crippen molar-refractivity contribution in [1.82, 2.24) is 0 Å². The highest BCUT2D eigenvalue weighted by Crippen LogP contribution is 2.29. The molecule has 0 saturated carbocycles. The van der Waals surface area contributed by atoms with E-state index in [1.807, 2.05) is 31.2 Å². The van der Waals surface area contributed by atoms with Gasteiger partial charge in [-0.2, -0.15) is 0 Å². The van der Waals surface area contributed by atoms with Crippen LogP contribution in [0.4, 0.5) is 5.69 Å². The van der Waals surface area contributed by atoms with Gasteiger partial charge in [0.25, 0.3) is 0 Å². The van der Waals surface area contributed by atoms with E-state index in [0.29, 0.717) is 15.7 Å². The summed E-state index contributed by atoms with van der Waals surface area (Å²) in [6.45, 7) is 2.01. The van der Waals surface area contributed by atoms with E-state index < -0.39 is 0 Å². The molecule has 0 aliphatic carbocycles. The van der Waals surface area contributed by atoms with Crippen LogP contribution >= 0.6 is 23.2 Å². The standard InChI is InChI=1S/C16H13Cl2NO/c1-11-5-7-12(8-6-11)9-10-15(20)19-16-13(17)3-2-4-14(16)18/h2-10H,1H3,(H,19,20)/b10-9+. The molecule has 2 aromatic carbocycles. The first-order chi connectivity index (χ1) is 9.56. The van der Waals surface area contributed by atoms with Crippen molar-refractivity contribution in [3.63, 3.8) is 0 Å². The Labute approximate surface area is 128 Å². The van der Waals surface area contributed by atoms with E-state index in [1.165, 1.54) is 11.6 Å². The lowest BCUT2D eigenvalue weighted by Gasteiger charge is -2.06. The maximum Gasteiger partial charge on any atom is 0.248 e. The van der Waals surface area contributed by atoms with Crippen LogP contribution in [0.25, 0.3) is 6.08 Å². The van der Waals surface area contributed by atoms with Gasteiger partial charge in [-0.25, -0.2) is 0 Å². The average molecular weight is 306 g/mol. The van der Waals surface area contributed by atoms with E-state index in [0.717, 1.165) is 5.56 Å². The van der Waals surface area contributed by atoms with Crippen LogP contribution in [-0.4, -0.2) is 5.91 Å². The molecule has 0 aromatic heterocycles. The zero-order valence-electron chi connectivity index (χ0n) is 10.9. The molecule has 0 aliphatic rings. The third kappa shape index (κ3) is 3.86. The first-order valence-corrected chi connectivity index (χ1v) is 6.81. The molecule has 2 nitrogen and oxygen atoms in total. The molecule has 0 spiro atoms. The molecule has 0 saturated heterocycles. The van der Waals surface area contributed by atoms with E-state index >= 15 is 0 Å². The average Bonchev–Trinajstić information content (AvgIpc) is 2.42. The molecule has 4 heteroatoms. The van der Waals surface area contributed by atoms with Crippen molar-refractivity contribution in [1.29, 1.82) is 0 Å². The van der Waals surface area contributed by atoms with Gasteiger partial charge in [-0.15, -0.1) is 0 Å². The highest BCUT2D eigenvalue weighted by atomic mass is 35.5. The van der Waals surface area contributed by atoms with Gasteiger partial charge < -0.3 is 5.32 Å². The van der Waals surface area contributed by atoms with Gasteiger partial charge >= 0.3 is 0 Å². The smallest absolute Gasteiger partial charge is 0.248 e. The summed E-state index contributed by atoms with van der Waals surface area (Å²) in [6, 6.07) is 12.9. The summed E-state index contributed by atoms with van der Waals surface area (Å²) in [5, 5.41) is 3.49. The minimum Gasteiger partial charge on any atom is -0.320 e. The number of carbonyl (C=O) groups is 1. The molecule has 0 radical (unpaired) electrons. The highest BCUT2D eigenvalue weighted by molar-refractivity contribution is 6.39. The zero-order valence-corrected chi connectivity index (χ0v) is 12.4. The van der Waals surface area contributed by atoms with Crippen molar-refractivity contribution in [3.8, 4) is 0 Å². The zero-order chi connectivity index (χ0) is 14.5. The monoisotopic (exact) mass is 305 g/mol. The Kier molecular flexibility index (Phi) is 4.83. The van der Waals surface area contributed by atoms with Gasteiger partial charge in [0.1, 0.15) is 0 Å². The summed E-state index contributed by atoms with van der Waals surface area (Å²) in [7, 11) is 0. The molecule has 2 rings (SSSR count). The van der Waals surface area contributed by atoms with Gasteiger partial charge in [-0.1, -0.05) is 59.1 Å². The molecule has 1 N–H and O–H groups in total. The second kappa shape index (κ2) is 6.60. The van der Waals surface area contributed by atoms with Crippen LogP contribution in [0.2, 0.25) is 10.0 Å². The summed E-state index contributed by atoms with van der Waals surface area (Å²) in [4.78, 5) is 11.8. The van der Waals surface area contributed by atoms with E-state index in [-0.39, 0.29) is 5.91 Å². The Morgan fingerprint density at radius 2 is 1.65 bits per heavy atom. The third-order valence-electron chi connectivity index (χ3n) is 2.72. The van der Waals surface area contributed by atoms with Crippen molar-refractivity contribution >= 4 is 40.9 Å². The molecule has 0 bridgehead atoms. The van der Waals surface area contributed by atoms with Crippen LogP contribution < -0.4 is 5.32 Å². The predicted molar refractivity (Wildman–Crippen MR) is 85.3 cm³/mol. The summed E-state index contributed by atoms with van der Waals surface area (Å²) >= 11 is 12.0. The number of para-hydroxylation sites is 1. The largest absolute Gasteiger partial charge is 0.320 e. The van der Waals surface area contributed by atoms with Crippen LogP contribution in [0.15, 0.2) is 48.5 Å². The Bertz CT molecular complexity index is 628. The number of hydrogen-bond donors (Lipinski definition) is 1. The first kappa shape index (κ1) is 14.6. The molecular formula is C16H13Cl2NO. The van der Waals surface area contributed by atoms with Crippen molar-refractivity contribution in [2.24, 2.45) is 0 Å². The normalized spacial score (nSPS) is 10.8. The fourth-order valence-corrected chi connectivity index (χ4v) is 2.12. The van der Waals surface area contributed by atoms with E-state index in [1.54, 1.807) is 24.3 Å². The van der Waals surface area contributed by atoms with Gasteiger partial charge in [0.15, 0.2) is 0 Å². The molecule has 0 unspecified atom stereocenters. The fraction of sp³-hybridized carbons (Fsp3) is 0.0625. The lowest BCUT2D eigenvalue weighted by Crippen LogP contribution is -2.08. The summed E-state index contributed by atoms with van der Waals surface area (Å²) < 4.78 is 0. The Hall–Kier alpha value is -1.77. The molecule has 20 heavy (non-hydrogen) atoms. The first-order valence-electron chi connectivity index (χ1n) is 6.06. The van der Waals surface area contributed by atoms with Gasteiger partial charge in [0, 0.05) is 6.08 Å². The number of rotatable bonds is 3. The van der Waals surface area contributed by atoms with E-state index in [4.69, 9.17) is 23.2 Å². The summed E-state index contributed by atoms with van der Waals surface area (Å²) in [5.74, 6) is -0.277. The number of amides is 1. The maximum atomic E-state index is 11.8. The number of carbonyl (C=O) groups excluding carboxylic acids is 1. The van der Waals surface area contributed by atoms with Gasteiger partial charge in [0.2, 0.25) is 5.91 Å². The minimum absolute atomic E-state index is 0.277. The Morgan fingerprint density at radius 3 is 2.25 bits per heavy atom. The lowest BCUT2D eigenvalue weighted by atomic mass is 10.1. The van der Waals surface area contributed by atoms with Gasteiger partial charge in [-0.3, -0.25) is 4.79 Å². The number of nitrogens with one attached hydrogen (secondary N) is 1. The van der Waals surface area contributed by atoms with Crippen molar-refractivity contribution in [2.45, 2.75) is 6.92 Å². The second-order valence-electron chi connectivity index (χ2n) is 4.33. The fourth-order valence-electron chi connectivity index (χ4n) is 1.63. The summed E-state index contributed by atoms with van der Waals surface area (Å²) in [5.41, 5.74) is 2.56. The van der Waals surface area contributed by atoms with E-state index in [9.17, 15) is 4.79 Å². The van der Waals surface area contributed by atoms with Crippen LogP contribution in [0.5, 0.6) is 0 Å². The minimum atomic E-state index is -0.277. The number of anilines is 1. The predicted octanol–water partition coefficient (Wildman–Crippen LogP) is 4.95. The van der Waals surface area contributed by atoms with Gasteiger partial charge in [-0.05, 0) is 30.7 Å². The number of hydrogen-bond acceptors (Lipinski definition) is 1. The Morgan fingerprint density at radius 1 is 1.05 bits per heavy atom. The van der Waals surface area contributed by atoms with E-state index in [2.05, 4.69) is 5.32 Å². The van der Waals surface area contributed by atoms with Crippen molar-refractivity contribution < 1.29 is 4.79 Å². The lowest BCUT2D eigenvalue weighted by molar-refractivity contribution is -0.111. The molecule has 1 amide bonds. The molecule has 0 atom stereocenters. The van der Waals surface area contributed by atoms with Gasteiger partial charge in [0.05, 0.1) is 15.7 Å². The SMILES string of the molecule is Cc1ccc(/C=C/C(=O)Nc2c(Cl)cccc2Cl)cc1. The maximum absolute atomic E-state index is 11.8. The highest BCUT2D eigenvalue weighted by Gasteiger charge is 2.07. The number of benzene rings is 2. The number of aryl methyl sites for hydroxylation is 1. The quantitative estimate of drug-likeness (QED) is 0.798. The van der Waals surface area contributed by atoms with Crippen LogP contribution in [-0.2, 0) is 4.79 Å². The van der Waals surface area contributed by atoms with Crippen LogP contribution in [0.3, 0.4) is 0 Å². The van der Waals surface area contributed by atoms with Crippen LogP contribution in [0.1, 0.15) is 11.1 Å². The molecule has 0 heterocycles. The van der Waals surface area contributed by atoms with Crippen LogP contribution in [0, 0.1) is 6.92 Å². The molecule has 102 valence electrons. The molecule has 0 aliphatic heterocycles. The number of halogens is 2. The van der Waals surface area contributed by atoms with Crippen molar-refractivity contribution in [2.75, 3.05) is 5.32 Å². The molecule has 0 fully saturated rings. The molecule has 2 aromatic rings. The Balaban J connectivity index is 2.07. The second-order valence-corrected chi connectivity index (χ2v) is 5.14. The molecular weight excluding hydrogens is 293 g/mol. The summed E-state index contributed by atoms with van der Waals surface area (Å²) in [6.07, 6.45) is 3.18. The topological polar surface area (TPSA) is 29.1 Å². The third-order valence-corrected chi connectivity index (χ3v) is 3.35.